The van der Waals surface area contributed by atoms with Crippen LogP contribution in [0.4, 0.5) is 0 Å². The van der Waals surface area contributed by atoms with Crippen LogP contribution in [0.2, 0.25) is 0 Å². The summed E-state index contributed by atoms with van der Waals surface area (Å²) in [4.78, 5) is 0. The van der Waals surface area contributed by atoms with Crippen molar-refractivity contribution in [3.63, 3.8) is 0 Å². The number of aliphatic hydroxyl groups excluding tert-OH is 2. The van der Waals surface area contributed by atoms with Gasteiger partial charge in [0.2, 0.25) is 0 Å². The van der Waals surface area contributed by atoms with E-state index in [-0.39, 0.29) is 25.4 Å². The van der Waals surface area contributed by atoms with Crippen molar-refractivity contribution in [2.24, 2.45) is 0 Å². The van der Waals surface area contributed by atoms with Crippen LogP contribution in [0.3, 0.4) is 0 Å². The minimum atomic E-state index is -0.0199. The third kappa shape index (κ3) is 6.57. The molecule has 0 fully saturated rings. The molecule has 0 spiro atoms. The molecule has 1 aromatic rings. The molecule has 0 aromatic heterocycles. The first-order chi connectivity index (χ1) is 9.15. The lowest BCUT2D eigenvalue weighted by atomic mass is 10.1. The quantitative estimate of drug-likeness (QED) is 0.632. The Kier molecular flexibility index (Phi) is 7.48. The Morgan fingerprint density at radius 3 is 2.37 bits per heavy atom. The minimum absolute atomic E-state index is 0.0199. The van der Waals surface area contributed by atoms with Crippen LogP contribution in [0, 0.1) is 0 Å². The van der Waals surface area contributed by atoms with E-state index in [1.54, 1.807) is 0 Å². The Labute approximate surface area is 115 Å². The van der Waals surface area contributed by atoms with Gasteiger partial charge >= 0.3 is 0 Å². The fourth-order valence-corrected chi connectivity index (χ4v) is 1.84. The molecule has 0 aliphatic carbocycles. The van der Waals surface area contributed by atoms with E-state index < -0.39 is 0 Å². The number of benzene rings is 1. The smallest absolute Gasteiger partial charge is 0.119 e. The Hall–Kier alpha value is -1.10. The maximum atomic E-state index is 9.08. The standard InChI is InChI=1S/C15H25NO3/c1-12(2)19-15-5-3-13(4-6-15)7-9-16-14(11-18)8-10-17/h3-6,12,14,16-18H,7-11H2,1-2H3. The van der Waals surface area contributed by atoms with Gasteiger partial charge in [-0.1, -0.05) is 12.1 Å². The molecular weight excluding hydrogens is 242 g/mol. The van der Waals surface area contributed by atoms with Gasteiger partial charge in [-0.25, -0.2) is 0 Å². The molecule has 1 atom stereocenters. The van der Waals surface area contributed by atoms with Gasteiger partial charge in [-0.3, -0.25) is 0 Å². The SMILES string of the molecule is CC(C)Oc1ccc(CCNC(CO)CCO)cc1. The van der Waals surface area contributed by atoms with Crippen LogP contribution in [-0.2, 0) is 6.42 Å². The lowest BCUT2D eigenvalue weighted by Crippen LogP contribution is -2.34. The number of rotatable bonds is 9. The molecule has 0 aliphatic rings. The molecule has 19 heavy (non-hydrogen) atoms. The predicted molar refractivity (Wildman–Crippen MR) is 76.5 cm³/mol. The number of hydrogen-bond acceptors (Lipinski definition) is 4. The summed E-state index contributed by atoms with van der Waals surface area (Å²) in [6, 6.07) is 8.05. The molecular formula is C15H25NO3. The maximum absolute atomic E-state index is 9.08. The Bertz CT molecular complexity index is 338. The third-order valence-electron chi connectivity index (χ3n) is 2.84. The predicted octanol–water partition coefficient (Wildman–Crippen LogP) is 1.35. The fourth-order valence-electron chi connectivity index (χ4n) is 1.84. The molecule has 1 rings (SSSR count). The molecule has 1 aromatic carbocycles. The molecule has 0 aliphatic heterocycles. The molecule has 0 saturated heterocycles. The van der Waals surface area contributed by atoms with E-state index in [2.05, 4.69) is 17.4 Å². The highest BCUT2D eigenvalue weighted by molar-refractivity contribution is 5.27. The van der Waals surface area contributed by atoms with Gasteiger partial charge in [0.1, 0.15) is 5.75 Å². The lowest BCUT2D eigenvalue weighted by Gasteiger charge is -2.15. The fraction of sp³-hybridized carbons (Fsp3) is 0.600. The van der Waals surface area contributed by atoms with E-state index in [1.807, 2.05) is 26.0 Å². The van der Waals surface area contributed by atoms with Crippen molar-refractivity contribution in [1.82, 2.24) is 5.32 Å². The minimum Gasteiger partial charge on any atom is -0.491 e. The summed E-state index contributed by atoms with van der Waals surface area (Å²) in [5, 5.41) is 21.1. The van der Waals surface area contributed by atoms with Gasteiger partial charge in [0.05, 0.1) is 12.7 Å². The highest BCUT2D eigenvalue weighted by atomic mass is 16.5. The first-order valence-corrected chi connectivity index (χ1v) is 6.86. The second-order valence-corrected chi connectivity index (χ2v) is 4.91. The van der Waals surface area contributed by atoms with Crippen LogP contribution < -0.4 is 10.1 Å². The van der Waals surface area contributed by atoms with Crippen LogP contribution in [-0.4, -0.2) is 42.1 Å². The van der Waals surface area contributed by atoms with E-state index in [0.29, 0.717) is 6.42 Å². The highest BCUT2D eigenvalue weighted by Gasteiger charge is 2.05. The van der Waals surface area contributed by atoms with Crippen LogP contribution >= 0.6 is 0 Å². The Balaban J connectivity index is 2.33. The van der Waals surface area contributed by atoms with Crippen molar-refractivity contribution < 1.29 is 14.9 Å². The molecule has 0 amide bonds. The molecule has 0 bridgehead atoms. The van der Waals surface area contributed by atoms with Gasteiger partial charge in [0.15, 0.2) is 0 Å². The van der Waals surface area contributed by atoms with Crippen LogP contribution in [0.1, 0.15) is 25.8 Å². The van der Waals surface area contributed by atoms with E-state index in [1.165, 1.54) is 5.56 Å². The molecule has 4 nitrogen and oxygen atoms in total. The summed E-state index contributed by atoms with van der Waals surface area (Å²) in [5.74, 6) is 0.889. The van der Waals surface area contributed by atoms with Gasteiger partial charge in [-0.2, -0.15) is 0 Å². The van der Waals surface area contributed by atoms with Crippen molar-refractivity contribution in [2.75, 3.05) is 19.8 Å². The van der Waals surface area contributed by atoms with Crippen molar-refractivity contribution in [3.05, 3.63) is 29.8 Å². The summed E-state index contributed by atoms with van der Waals surface area (Å²) >= 11 is 0. The average molecular weight is 267 g/mol. The molecule has 0 saturated carbocycles. The molecule has 0 radical (unpaired) electrons. The van der Waals surface area contributed by atoms with E-state index in [4.69, 9.17) is 14.9 Å². The molecule has 108 valence electrons. The summed E-state index contributed by atoms with van der Waals surface area (Å²) in [6.07, 6.45) is 1.66. The van der Waals surface area contributed by atoms with E-state index in [9.17, 15) is 0 Å². The topological polar surface area (TPSA) is 61.7 Å². The van der Waals surface area contributed by atoms with Crippen molar-refractivity contribution >= 4 is 0 Å². The second kappa shape index (κ2) is 8.91. The number of nitrogens with one attached hydrogen (secondary N) is 1. The van der Waals surface area contributed by atoms with Gasteiger partial charge in [-0.05, 0) is 50.9 Å². The number of aliphatic hydroxyl groups is 2. The normalized spacial score (nSPS) is 12.7. The number of hydrogen-bond donors (Lipinski definition) is 3. The van der Waals surface area contributed by atoms with Gasteiger partial charge in [0, 0.05) is 12.6 Å². The zero-order valence-electron chi connectivity index (χ0n) is 11.8. The summed E-state index contributed by atoms with van der Waals surface area (Å²) in [6.45, 7) is 4.96. The molecule has 3 N–H and O–H groups in total. The van der Waals surface area contributed by atoms with Gasteiger partial charge < -0.3 is 20.3 Å². The highest BCUT2D eigenvalue weighted by Crippen LogP contribution is 2.13. The largest absolute Gasteiger partial charge is 0.491 e. The monoisotopic (exact) mass is 267 g/mol. The maximum Gasteiger partial charge on any atom is 0.119 e. The zero-order valence-corrected chi connectivity index (χ0v) is 11.8. The van der Waals surface area contributed by atoms with E-state index in [0.717, 1.165) is 18.7 Å². The lowest BCUT2D eigenvalue weighted by molar-refractivity contribution is 0.201. The van der Waals surface area contributed by atoms with Crippen LogP contribution in [0.5, 0.6) is 5.75 Å². The van der Waals surface area contributed by atoms with Gasteiger partial charge in [0.25, 0.3) is 0 Å². The van der Waals surface area contributed by atoms with Crippen LogP contribution in [0.15, 0.2) is 24.3 Å². The van der Waals surface area contributed by atoms with Crippen LogP contribution in [0.25, 0.3) is 0 Å². The van der Waals surface area contributed by atoms with Crippen molar-refractivity contribution in [3.8, 4) is 5.75 Å². The second-order valence-electron chi connectivity index (χ2n) is 4.91. The summed E-state index contributed by atoms with van der Waals surface area (Å²) < 4.78 is 5.58. The Morgan fingerprint density at radius 2 is 1.84 bits per heavy atom. The van der Waals surface area contributed by atoms with E-state index >= 15 is 0 Å². The zero-order chi connectivity index (χ0) is 14.1. The summed E-state index contributed by atoms with van der Waals surface area (Å²) in [7, 11) is 0. The molecule has 0 heterocycles. The first kappa shape index (κ1) is 16.0. The Morgan fingerprint density at radius 1 is 1.16 bits per heavy atom. The number of ether oxygens (including phenoxy) is 1. The average Bonchev–Trinajstić information content (AvgIpc) is 2.39. The molecule has 1 unspecified atom stereocenters. The van der Waals surface area contributed by atoms with Crippen molar-refractivity contribution in [1.29, 1.82) is 0 Å². The first-order valence-electron chi connectivity index (χ1n) is 6.86. The third-order valence-corrected chi connectivity index (χ3v) is 2.84. The van der Waals surface area contributed by atoms with Gasteiger partial charge in [-0.15, -0.1) is 0 Å². The molecule has 4 heteroatoms. The van der Waals surface area contributed by atoms with Crippen molar-refractivity contribution in [2.45, 2.75) is 38.8 Å². The summed E-state index contributed by atoms with van der Waals surface area (Å²) in [5.41, 5.74) is 1.23.